The third-order valence-electron chi connectivity index (χ3n) is 3.20. The van der Waals surface area contributed by atoms with Crippen LogP contribution in [0, 0.1) is 0 Å². The predicted octanol–water partition coefficient (Wildman–Crippen LogP) is 2.92. The zero-order valence-electron chi connectivity index (χ0n) is 10.5. The Morgan fingerprint density at radius 2 is 1.35 bits per heavy atom. The van der Waals surface area contributed by atoms with Crippen LogP contribution in [0.25, 0.3) is 0 Å². The van der Waals surface area contributed by atoms with Crippen LogP contribution >= 0.6 is 22.6 Å². The summed E-state index contributed by atoms with van der Waals surface area (Å²) < 4.78 is 0.939. The molecular weight excluding hydrogens is 375 g/mol. The molecule has 0 fully saturated rings. The number of rotatable bonds is 1. The molecule has 0 radical (unpaired) electrons. The highest BCUT2D eigenvalue weighted by Crippen LogP contribution is 2.55. The molecule has 1 aliphatic carbocycles. The smallest absolute Gasteiger partial charge is 0.208 e. The minimum Gasteiger partial charge on any atom is -0.504 e. The topological polar surface area (TPSA) is 101 Å². The van der Waals surface area contributed by atoms with E-state index in [1.54, 1.807) is 31.2 Å². The molecule has 1 aromatic rings. The molecule has 0 saturated heterocycles. The summed E-state index contributed by atoms with van der Waals surface area (Å²) in [5.74, 6) is -4.05. The van der Waals surface area contributed by atoms with Gasteiger partial charge in [-0.3, -0.25) is 0 Å². The summed E-state index contributed by atoms with van der Waals surface area (Å²) in [5.41, 5.74) is -1.04. The SMILES string of the molecule is CC1(c2c(O)c(O)c(O)c(O)c2O)C=CC=C(I)C=C1. The number of aromatic hydroxyl groups is 5. The van der Waals surface area contributed by atoms with Crippen molar-refractivity contribution in [3.63, 3.8) is 0 Å². The van der Waals surface area contributed by atoms with Crippen molar-refractivity contribution in [1.29, 1.82) is 0 Å². The van der Waals surface area contributed by atoms with Gasteiger partial charge in [0.15, 0.2) is 11.5 Å². The Hall–Kier alpha value is -1.83. The van der Waals surface area contributed by atoms with Crippen molar-refractivity contribution in [3.05, 3.63) is 39.5 Å². The van der Waals surface area contributed by atoms with E-state index in [9.17, 15) is 25.5 Å². The molecule has 0 bridgehead atoms. The van der Waals surface area contributed by atoms with Crippen LogP contribution in [0.4, 0.5) is 0 Å². The van der Waals surface area contributed by atoms with Gasteiger partial charge in [-0.15, -0.1) is 0 Å². The van der Waals surface area contributed by atoms with Crippen molar-refractivity contribution in [2.45, 2.75) is 12.3 Å². The van der Waals surface area contributed by atoms with Gasteiger partial charge in [0.05, 0.1) is 5.56 Å². The number of phenolic OH excluding ortho intramolecular Hbond substituents is 5. The third kappa shape index (κ3) is 2.20. The van der Waals surface area contributed by atoms with Crippen LogP contribution < -0.4 is 0 Å². The van der Waals surface area contributed by atoms with E-state index in [4.69, 9.17) is 0 Å². The predicted molar refractivity (Wildman–Crippen MR) is 82.5 cm³/mol. The number of allylic oxidation sites excluding steroid dienone is 6. The van der Waals surface area contributed by atoms with Crippen molar-refractivity contribution in [3.8, 4) is 28.7 Å². The molecular formula is C14H13IO5. The van der Waals surface area contributed by atoms with Gasteiger partial charge in [0, 0.05) is 8.99 Å². The van der Waals surface area contributed by atoms with Gasteiger partial charge in [-0.2, -0.15) is 0 Å². The highest BCUT2D eigenvalue weighted by atomic mass is 127. The molecule has 5 N–H and O–H groups in total. The van der Waals surface area contributed by atoms with Crippen LogP contribution in [-0.2, 0) is 5.41 Å². The second-order valence-corrected chi connectivity index (χ2v) is 5.89. The second kappa shape index (κ2) is 4.93. The van der Waals surface area contributed by atoms with E-state index >= 15 is 0 Å². The maximum atomic E-state index is 9.99. The van der Waals surface area contributed by atoms with Gasteiger partial charge in [-0.25, -0.2) is 0 Å². The molecule has 1 aromatic carbocycles. The van der Waals surface area contributed by atoms with Crippen LogP contribution in [-0.4, -0.2) is 25.5 Å². The van der Waals surface area contributed by atoms with Crippen molar-refractivity contribution >= 4 is 22.6 Å². The fraction of sp³-hybridized carbons (Fsp3) is 0.143. The molecule has 20 heavy (non-hydrogen) atoms. The molecule has 0 heterocycles. The summed E-state index contributed by atoms with van der Waals surface area (Å²) in [5, 5.41) is 48.6. The van der Waals surface area contributed by atoms with Crippen LogP contribution in [0.3, 0.4) is 0 Å². The summed E-state index contributed by atoms with van der Waals surface area (Å²) in [6.07, 6.45) is 8.75. The summed E-state index contributed by atoms with van der Waals surface area (Å²) in [7, 11) is 0. The molecule has 0 amide bonds. The van der Waals surface area contributed by atoms with Crippen molar-refractivity contribution in [2.75, 3.05) is 0 Å². The summed E-state index contributed by atoms with van der Waals surface area (Å²) in [4.78, 5) is 0. The van der Waals surface area contributed by atoms with E-state index in [0.29, 0.717) is 0 Å². The average Bonchev–Trinajstić information content (AvgIpc) is 2.57. The number of hydrogen-bond donors (Lipinski definition) is 5. The minimum absolute atomic E-state index is 0.0858. The summed E-state index contributed by atoms with van der Waals surface area (Å²) in [6.45, 7) is 1.69. The van der Waals surface area contributed by atoms with Crippen LogP contribution in [0.2, 0.25) is 0 Å². The summed E-state index contributed by atoms with van der Waals surface area (Å²) in [6, 6.07) is 0. The zero-order valence-corrected chi connectivity index (χ0v) is 12.7. The van der Waals surface area contributed by atoms with Crippen LogP contribution in [0.1, 0.15) is 12.5 Å². The number of benzene rings is 1. The molecule has 1 atom stereocenters. The highest BCUT2D eigenvalue weighted by Gasteiger charge is 2.33. The Morgan fingerprint density at radius 1 is 0.850 bits per heavy atom. The molecule has 6 heteroatoms. The Morgan fingerprint density at radius 3 is 1.90 bits per heavy atom. The van der Waals surface area contributed by atoms with Gasteiger partial charge >= 0.3 is 0 Å². The zero-order chi connectivity index (χ0) is 15.1. The lowest BCUT2D eigenvalue weighted by Gasteiger charge is -2.25. The molecule has 0 spiro atoms. The standard InChI is InChI=1S/C14H13IO5/c1-14(5-2-3-7(15)4-6-14)8-9(16)11(18)13(20)12(19)10(8)17/h2-6,16-20H,1H3. The fourth-order valence-corrected chi connectivity index (χ4v) is 2.45. The minimum atomic E-state index is -0.958. The second-order valence-electron chi connectivity index (χ2n) is 4.64. The molecule has 2 rings (SSSR count). The van der Waals surface area contributed by atoms with Crippen molar-refractivity contribution in [1.82, 2.24) is 0 Å². The summed E-state index contributed by atoms with van der Waals surface area (Å²) >= 11 is 2.11. The number of halogens is 1. The first-order valence-corrected chi connectivity index (χ1v) is 6.79. The fourth-order valence-electron chi connectivity index (χ4n) is 2.07. The third-order valence-corrected chi connectivity index (χ3v) is 3.92. The van der Waals surface area contributed by atoms with E-state index in [-0.39, 0.29) is 5.56 Å². The van der Waals surface area contributed by atoms with Gasteiger partial charge < -0.3 is 25.5 Å². The first kappa shape index (κ1) is 14.6. The van der Waals surface area contributed by atoms with Crippen molar-refractivity contribution in [2.24, 2.45) is 0 Å². The highest BCUT2D eigenvalue weighted by molar-refractivity contribution is 14.1. The van der Waals surface area contributed by atoms with Gasteiger partial charge in [0.2, 0.25) is 17.2 Å². The van der Waals surface area contributed by atoms with Crippen LogP contribution in [0.5, 0.6) is 28.7 Å². The normalized spacial score (nSPS) is 21.6. The van der Waals surface area contributed by atoms with E-state index in [0.717, 1.165) is 3.58 Å². The Bertz CT molecular complexity index is 631. The molecule has 106 valence electrons. The number of phenols is 5. The van der Waals surface area contributed by atoms with E-state index in [2.05, 4.69) is 22.6 Å². The number of hydrogen-bond acceptors (Lipinski definition) is 5. The Labute approximate surface area is 129 Å². The van der Waals surface area contributed by atoms with Gasteiger partial charge in [0.1, 0.15) is 0 Å². The monoisotopic (exact) mass is 388 g/mol. The van der Waals surface area contributed by atoms with Gasteiger partial charge in [0.25, 0.3) is 0 Å². The van der Waals surface area contributed by atoms with Crippen molar-refractivity contribution < 1.29 is 25.5 Å². The average molecular weight is 388 g/mol. The molecule has 0 saturated carbocycles. The first-order chi connectivity index (χ1) is 9.28. The Balaban J connectivity index is 2.74. The lowest BCUT2D eigenvalue weighted by molar-refractivity contribution is 0.320. The lowest BCUT2D eigenvalue weighted by Crippen LogP contribution is -2.16. The van der Waals surface area contributed by atoms with E-state index < -0.39 is 34.2 Å². The van der Waals surface area contributed by atoms with Crippen LogP contribution in [0.15, 0.2) is 34.0 Å². The maximum absolute atomic E-state index is 9.99. The maximum Gasteiger partial charge on any atom is 0.208 e. The van der Waals surface area contributed by atoms with Gasteiger partial charge in [-0.05, 0) is 35.6 Å². The molecule has 0 aromatic heterocycles. The van der Waals surface area contributed by atoms with E-state index in [1.807, 2.05) is 6.08 Å². The molecule has 1 unspecified atom stereocenters. The molecule has 5 nitrogen and oxygen atoms in total. The Kier molecular flexibility index (Phi) is 3.59. The van der Waals surface area contributed by atoms with E-state index in [1.165, 1.54) is 0 Å². The first-order valence-electron chi connectivity index (χ1n) is 5.71. The largest absolute Gasteiger partial charge is 0.504 e. The molecule has 0 aliphatic heterocycles. The quantitative estimate of drug-likeness (QED) is 0.289. The lowest BCUT2D eigenvalue weighted by atomic mass is 9.80. The molecule has 1 aliphatic rings. The van der Waals surface area contributed by atoms with Gasteiger partial charge in [-0.1, -0.05) is 24.3 Å².